The Kier molecular flexibility index (Phi) is 8.62. The summed E-state index contributed by atoms with van der Waals surface area (Å²) in [5, 5.41) is 38.0. The van der Waals surface area contributed by atoms with Gasteiger partial charge in [0.25, 0.3) is 0 Å². The smallest absolute Gasteiger partial charge is 0.391 e. The van der Waals surface area contributed by atoms with Crippen LogP contribution in [0.15, 0.2) is 18.5 Å². The van der Waals surface area contributed by atoms with Gasteiger partial charge < -0.3 is 30.2 Å². The highest BCUT2D eigenvalue weighted by atomic mass is 19.4. The van der Waals surface area contributed by atoms with Gasteiger partial charge in [-0.2, -0.15) is 23.5 Å². The summed E-state index contributed by atoms with van der Waals surface area (Å²) in [6.45, 7) is 0.914. The molecule has 15 heteroatoms. The van der Waals surface area contributed by atoms with Crippen LogP contribution in [-0.2, 0) is 19.0 Å². The second kappa shape index (κ2) is 11.6. The molecule has 0 bridgehead atoms. The van der Waals surface area contributed by atoms with Gasteiger partial charge in [0.15, 0.2) is 5.82 Å². The number of aromatic nitrogens is 3. The zero-order chi connectivity index (χ0) is 28.4. The third kappa shape index (κ3) is 6.10. The van der Waals surface area contributed by atoms with Crippen LogP contribution in [-0.4, -0.2) is 80.8 Å². The van der Waals surface area contributed by atoms with Crippen molar-refractivity contribution in [2.75, 3.05) is 25.7 Å². The average molecular weight is 557 g/mol. The van der Waals surface area contributed by atoms with E-state index in [-0.39, 0.29) is 37.9 Å². The van der Waals surface area contributed by atoms with E-state index in [2.05, 4.69) is 15.4 Å². The molecule has 1 aliphatic carbocycles. The van der Waals surface area contributed by atoms with E-state index in [1.807, 2.05) is 6.07 Å². The number of alkyl halides is 3. The van der Waals surface area contributed by atoms with Gasteiger partial charge in [-0.3, -0.25) is 10.1 Å². The summed E-state index contributed by atoms with van der Waals surface area (Å²) in [6.07, 6.45) is -6.44. The van der Waals surface area contributed by atoms with Gasteiger partial charge in [0.1, 0.15) is 42.3 Å². The molecule has 4 rings (SSSR count). The quantitative estimate of drug-likeness (QED) is 0.198. The van der Waals surface area contributed by atoms with E-state index in [1.165, 1.54) is 17.8 Å². The second-order valence-electron chi connectivity index (χ2n) is 9.98. The molecule has 1 saturated heterocycles. The maximum Gasteiger partial charge on any atom is 0.391 e. The minimum Gasteiger partial charge on any atom is -0.464 e. The van der Waals surface area contributed by atoms with Gasteiger partial charge in [-0.05, 0) is 50.7 Å². The molecule has 0 radical (unpaired) electrons. The van der Waals surface area contributed by atoms with Gasteiger partial charge in [-0.1, -0.05) is 0 Å². The highest BCUT2D eigenvalue weighted by Crippen LogP contribution is 2.41. The van der Waals surface area contributed by atoms with Crippen molar-refractivity contribution in [2.24, 2.45) is 11.8 Å². The van der Waals surface area contributed by atoms with Crippen molar-refractivity contribution < 1.29 is 42.4 Å². The Hall–Kier alpha value is -3.03. The number of nitrogens with zero attached hydrogens (tertiary/aromatic N) is 4. The number of aliphatic hydroxyl groups excluding tert-OH is 2. The summed E-state index contributed by atoms with van der Waals surface area (Å²) in [6, 6.07) is 4.28. The lowest BCUT2D eigenvalue weighted by Gasteiger charge is -2.29. The number of carbonyl (C=O) groups is 1. The lowest BCUT2D eigenvalue weighted by molar-refractivity contribution is -0.185. The fourth-order valence-electron chi connectivity index (χ4n) is 4.93. The number of anilines is 1. The predicted octanol–water partition coefficient (Wildman–Crippen LogP) is 1.23. The molecule has 2 aromatic heterocycles. The number of rotatable bonds is 9. The van der Waals surface area contributed by atoms with E-state index in [0.29, 0.717) is 24.1 Å². The summed E-state index contributed by atoms with van der Waals surface area (Å²) >= 11 is 0. The topological polar surface area (TPSA) is 177 Å². The van der Waals surface area contributed by atoms with Crippen LogP contribution >= 0.6 is 0 Å². The molecule has 2 fully saturated rings. The van der Waals surface area contributed by atoms with Crippen LogP contribution in [0.4, 0.5) is 19.0 Å². The fourth-order valence-corrected chi connectivity index (χ4v) is 4.93. The van der Waals surface area contributed by atoms with Crippen LogP contribution in [0.1, 0.15) is 44.4 Å². The van der Waals surface area contributed by atoms with Crippen molar-refractivity contribution in [3.8, 4) is 6.07 Å². The first kappa shape index (κ1) is 29.0. The Morgan fingerprint density at radius 2 is 2.08 bits per heavy atom. The van der Waals surface area contributed by atoms with Crippen molar-refractivity contribution >= 4 is 17.3 Å². The lowest BCUT2D eigenvalue weighted by Crippen LogP contribution is -2.47. The number of aliphatic hydroxyl groups is 2. The zero-order valence-electron chi connectivity index (χ0n) is 21.2. The highest BCUT2D eigenvalue weighted by molar-refractivity contribution is 5.75. The number of nitrogens with one attached hydrogen (secondary N) is 1. The first-order valence-electron chi connectivity index (χ1n) is 12.5. The van der Waals surface area contributed by atoms with Crippen LogP contribution in [0.3, 0.4) is 0 Å². The highest BCUT2D eigenvalue weighted by Gasteiger charge is 2.56. The van der Waals surface area contributed by atoms with Gasteiger partial charge in [0, 0.05) is 0 Å². The van der Waals surface area contributed by atoms with E-state index < -0.39 is 54.6 Å². The molecular weight excluding hydrogens is 525 g/mol. The van der Waals surface area contributed by atoms with Gasteiger partial charge in [0.05, 0.1) is 31.6 Å². The Bertz CT molecular complexity index is 1200. The largest absolute Gasteiger partial charge is 0.464 e. The maximum atomic E-state index is 12.8. The van der Waals surface area contributed by atoms with Gasteiger partial charge in [-0.15, -0.1) is 0 Å². The van der Waals surface area contributed by atoms with E-state index in [4.69, 9.17) is 19.9 Å². The Morgan fingerprint density at radius 3 is 2.74 bits per heavy atom. The number of nitriles is 1. The first-order valence-corrected chi connectivity index (χ1v) is 12.5. The number of nitrogen functional groups attached to an aromatic ring is 1. The van der Waals surface area contributed by atoms with Crippen molar-refractivity contribution in [1.82, 2.24) is 19.9 Å². The van der Waals surface area contributed by atoms with Crippen LogP contribution in [0.25, 0.3) is 5.52 Å². The molecule has 0 amide bonds. The van der Waals surface area contributed by atoms with E-state index in [9.17, 15) is 33.4 Å². The molecule has 2 aromatic rings. The van der Waals surface area contributed by atoms with Crippen molar-refractivity contribution in [3.05, 3.63) is 24.2 Å². The van der Waals surface area contributed by atoms with Crippen molar-refractivity contribution in [2.45, 2.75) is 68.7 Å². The summed E-state index contributed by atoms with van der Waals surface area (Å²) < 4.78 is 56.3. The number of fused-ring (bicyclic) bond motifs is 1. The van der Waals surface area contributed by atoms with Crippen molar-refractivity contribution in [3.63, 3.8) is 0 Å². The third-order valence-corrected chi connectivity index (χ3v) is 7.37. The number of hydrogen-bond donors (Lipinski definition) is 4. The summed E-state index contributed by atoms with van der Waals surface area (Å²) in [5.41, 5.74) is 4.74. The number of esters is 1. The van der Waals surface area contributed by atoms with Gasteiger partial charge >= 0.3 is 12.1 Å². The molecule has 5 N–H and O–H groups in total. The van der Waals surface area contributed by atoms with Crippen LogP contribution in [0, 0.1) is 23.2 Å². The summed E-state index contributed by atoms with van der Waals surface area (Å²) in [4.78, 5) is 16.2. The molecule has 0 unspecified atom stereocenters. The fraction of sp³-hybridized carbons (Fsp3) is 0.667. The first-order chi connectivity index (χ1) is 18.5. The molecule has 0 spiro atoms. The normalized spacial score (nSPS) is 30.2. The van der Waals surface area contributed by atoms with E-state index in [0.717, 1.165) is 0 Å². The Balaban J connectivity index is 1.24. The van der Waals surface area contributed by atoms with Crippen molar-refractivity contribution in [1.29, 1.82) is 5.26 Å². The molecule has 3 heterocycles. The summed E-state index contributed by atoms with van der Waals surface area (Å²) in [7, 11) is 0. The number of ether oxygens (including phenoxy) is 3. The van der Waals surface area contributed by atoms with Gasteiger partial charge in [-0.25, -0.2) is 9.50 Å². The van der Waals surface area contributed by atoms with E-state index >= 15 is 0 Å². The number of carbonyl (C=O) groups excluding carboxylic acids is 1. The molecule has 5 atom stereocenters. The molecule has 12 nitrogen and oxygen atoms in total. The van der Waals surface area contributed by atoms with Crippen LogP contribution in [0.2, 0.25) is 0 Å². The molecule has 1 aliphatic heterocycles. The molecule has 2 aliphatic rings. The van der Waals surface area contributed by atoms with Crippen LogP contribution < -0.4 is 11.1 Å². The predicted molar refractivity (Wildman–Crippen MR) is 127 cm³/mol. The molecular formula is C24H31F3N6O6. The number of hydrogen-bond acceptors (Lipinski definition) is 11. The number of halogens is 3. The lowest BCUT2D eigenvalue weighted by atomic mass is 9.82. The third-order valence-electron chi connectivity index (χ3n) is 7.37. The summed E-state index contributed by atoms with van der Waals surface area (Å²) in [5.74, 6) is -1.81. The van der Waals surface area contributed by atoms with Crippen LogP contribution in [0.5, 0.6) is 0 Å². The minimum atomic E-state index is -4.19. The number of nitrogens with two attached hydrogens (primary N) is 1. The molecule has 1 saturated carbocycles. The Labute approximate surface area is 221 Å². The monoisotopic (exact) mass is 556 g/mol. The molecule has 214 valence electrons. The Morgan fingerprint density at radius 1 is 1.36 bits per heavy atom. The minimum absolute atomic E-state index is 0.0278. The van der Waals surface area contributed by atoms with E-state index in [1.54, 1.807) is 12.1 Å². The molecule has 0 aromatic carbocycles. The zero-order valence-corrected chi connectivity index (χ0v) is 21.2. The maximum absolute atomic E-state index is 12.8. The SMILES string of the molecule is C[C@H](NCOC[C@@]1(C#N)O[C@@H](c2ccc3c(N)ncnn23)[C@H](O)[C@@H]1O)C(=O)OCC1CCC(C(F)(F)F)CC1. The van der Waals surface area contributed by atoms with Gasteiger partial charge in [0.2, 0.25) is 5.60 Å². The molecule has 39 heavy (non-hydrogen) atoms. The average Bonchev–Trinajstić information content (AvgIpc) is 3.45. The standard InChI is InChI=1S/C24H31F3N6O6/c1-13(22(36)38-8-14-2-4-15(5-3-14)24(25,26)27)31-12-37-10-23(9-28)20(35)18(34)19(39-23)16-6-7-17-21(29)30-11-32-33(16)17/h6-7,11,13-15,18-20,31,34-35H,2-5,8,10,12H2,1H3,(H2,29,30,32)/t13-,14?,15?,18-,19-,20-,23+/m0/s1. The second-order valence-corrected chi connectivity index (χ2v) is 9.98.